The number of methoxy groups -OCH3 is 1. The fourth-order valence-corrected chi connectivity index (χ4v) is 3.45. The quantitative estimate of drug-likeness (QED) is 0.367. The molecule has 2 aromatic heterocycles. The molecule has 3 aromatic rings. The lowest BCUT2D eigenvalue weighted by molar-refractivity contribution is -0.141. The van der Waals surface area contributed by atoms with Gasteiger partial charge in [0.05, 0.1) is 36.1 Å². The highest BCUT2D eigenvalue weighted by atomic mass is 32.2. The first-order valence-corrected chi connectivity index (χ1v) is 9.40. The lowest BCUT2D eigenvalue weighted by atomic mass is 10.2. The van der Waals surface area contributed by atoms with Gasteiger partial charge >= 0.3 is 5.97 Å². The van der Waals surface area contributed by atoms with Gasteiger partial charge in [-0.25, -0.2) is 4.98 Å². The standard InChI is InChI=1S/C19H19N3O5S/c1-12(17(24)20-10-13-6-5-9-27-13)28-19-21-15-8-4-3-7-14(15)18(25)22(19)11-16(23)26-2/h3-9,12H,10-11H2,1-2H3,(H,20,24). The number of carbonyl (C=O) groups excluding carboxylic acids is 2. The maximum absolute atomic E-state index is 12.8. The van der Waals surface area contributed by atoms with Crippen LogP contribution in [0.2, 0.25) is 0 Å². The Labute approximate surface area is 164 Å². The van der Waals surface area contributed by atoms with E-state index in [2.05, 4.69) is 15.0 Å². The SMILES string of the molecule is COC(=O)Cn1c(SC(C)C(=O)NCc2ccco2)nc2ccccc2c1=O. The summed E-state index contributed by atoms with van der Waals surface area (Å²) in [4.78, 5) is 41.5. The van der Waals surface area contributed by atoms with Crippen molar-refractivity contribution in [3.63, 3.8) is 0 Å². The molecule has 1 amide bonds. The number of furan rings is 1. The number of nitrogens with one attached hydrogen (secondary N) is 1. The normalized spacial score (nSPS) is 11.9. The number of ether oxygens (including phenoxy) is 1. The van der Waals surface area contributed by atoms with Crippen molar-refractivity contribution >= 4 is 34.5 Å². The first-order valence-electron chi connectivity index (χ1n) is 8.52. The van der Waals surface area contributed by atoms with Crippen LogP contribution in [0.4, 0.5) is 0 Å². The van der Waals surface area contributed by atoms with Gasteiger partial charge in [0.15, 0.2) is 5.16 Å². The molecule has 0 radical (unpaired) electrons. The molecule has 0 spiro atoms. The number of thioether (sulfide) groups is 1. The van der Waals surface area contributed by atoms with Crippen molar-refractivity contribution in [1.82, 2.24) is 14.9 Å². The second-order valence-corrected chi connectivity index (χ2v) is 7.24. The summed E-state index contributed by atoms with van der Waals surface area (Å²) in [6.45, 7) is 1.68. The molecule has 9 heteroatoms. The summed E-state index contributed by atoms with van der Waals surface area (Å²) in [6, 6.07) is 10.4. The van der Waals surface area contributed by atoms with E-state index in [-0.39, 0.29) is 29.7 Å². The number of carbonyl (C=O) groups is 2. The molecule has 1 N–H and O–H groups in total. The van der Waals surface area contributed by atoms with Gasteiger partial charge in [-0.1, -0.05) is 23.9 Å². The first-order chi connectivity index (χ1) is 13.5. The molecule has 0 aliphatic rings. The number of hydrogen-bond acceptors (Lipinski definition) is 7. The van der Waals surface area contributed by atoms with Gasteiger partial charge in [0.2, 0.25) is 5.91 Å². The van der Waals surface area contributed by atoms with Crippen LogP contribution in [0, 0.1) is 0 Å². The number of amides is 1. The molecule has 28 heavy (non-hydrogen) atoms. The minimum Gasteiger partial charge on any atom is -0.468 e. The Morgan fingerprint density at radius 2 is 2.07 bits per heavy atom. The Morgan fingerprint density at radius 3 is 2.79 bits per heavy atom. The molecule has 1 unspecified atom stereocenters. The van der Waals surface area contributed by atoms with E-state index in [9.17, 15) is 14.4 Å². The molecular formula is C19H19N3O5S. The van der Waals surface area contributed by atoms with Crippen LogP contribution in [-0.4, -0.2) is 33.8 Å². The number of nitrogens with zero attached hydrogens (tertiary/aromatic N) is 2. The zero-order valence-electron chi connectivity index (χ0n) is 15.4. The zero-order valence-corrected chi connectivity index (χ0v) is 16.2. The maximum atomic E-state index is 12.8. The molecular weight excluding hydrogens is 382 g/mol. The summed E-state index contributed by atoms with van der Waals surface area (Å²) in [5, 5.41) is 2.89. The Balaban J connectivity index is 1.85. The topological polar surface area (TPSA) is 103 Å². The number of aromatic nitrogens is 2. The Bertz CT molecular complexity index is 1050. The monoisotopic (exact) mass is 401 g/mol. The van der Waals surface area contributed by atoms with Crippen LogP contribution in [0.25, 0.3) is 10.9 Å². The third-order valence-corrected chi connectivity index (χ3v) is 5.10. The summed E-state index contributed by atoms with van der Waals surface area (Å²) in [7, 11) is 1.25. The Hall–Kier alpha value is -3.07. The summed E-state index contributed by atoms with van der Waals surface area (Å²) in [6.07, 6.45) is 1.53. The van der Waals surface area contributed by atoms with Gasteiger partial charge in [0, 0.05) is 0 Å². The van der Waals surface area contributed by atoms with Crippen molar-refractivity contribution < 1.29 is 18.7 Å². The van der Waals surface area contributed by atoms with E-state index < -0.39 is 11.2 Å². The molecule has 1 atom stereocenters. The molecule has 0 aliphatic carbocycles. The maximum Gasteiger partial charge on any atom is 0.325 e. The predicted molar refractivity (Wildman–Crippen MR) is 104 cm³/mol. The van der Waals surface area contributed by atoms with Crippen LogP contribution < -0.4 is 10.9 Å². The third kappa shape index (κ3) is 4.42. The molecule has 0 fully saturated rings. The van der Waals surface area contributed by atoms with Crippen LogP contribution in [0.1, 0.15) is 12.7 Å². The van der Waals surface area contributed by atoms with Gasteiger partial charge in [-0.2, -0.15) is 0 Å². The molecule has 0 aliphatic heterocycles. The van der Waals surface area contributed by atoms with E-state index in [1.54, 1.807) is 43.3 Å². The van der Waals surface area contributed by atoms with Crippen molar-refractivity contribution in [1.29, 1.82) is 0 Å². The number of esters is 1. The van der Waals surface area contributed by atoms with Crippen LogP contribution in [0.3, 0.4) is 0 Å². The molecule has 8 nitrogen and oxygen atoms in total. The van der Waals surface area contributed by atoms with Crippen molar-refractivity contribution in [2.75, 3.05) is 7.11 Å². The van der Waals surface area contributed by atoms with E-state index in [1.807, 2.05) is 0 Å². The minimum absolute atomic E-state index is 0.242. The molecule has 146 valence electrons. The smallest absolute Gasteiger partial charge is 0.325 e. The number of fused-ring (bicyclic) bond motifs is 1. The van der Waals surface area contributed by atoms with Crippen LogP contribution in [0.5, 0.6) is 0 Å². The fraction of sp³-hybridized carbons (Fsp3) is 0.263. The summed E-state index contributed by atoms with van der Waals surface area (Å²) in [5.41, 5.74) is 0.140. The molecule has 1 aromatic carbocycles. The highest BCUT2D eigenvalue weighted by molar-refractivity contribution is 8.00. The Morgan fingerprint density at radius 1 is 1.29 bits per heavy atom. The highest BCUT2D eigenvalue weighted by Crippen LogP contribution is 2.23. The molecule has 3 rings (SSSR count). The second kappa shape index (κ2) is 8.75. The van der Waals surface area contributed by atoms with Crippen molar-refractivity contribution in [3.05, 3.63) is 58.8 Å². The van der Waals surface area contributed by atoms with Gasteiger partial charge in [0.1, 0.15) is 12.3 Å². The average Bonchev–Trinajstić information content (AvgIpc) is 3.22. The minimum atomic E-state index is -0.573. The number of benzene rings is 1. The van der Waals surface area contributed by atoms with E-state index in [1.165, 1.54) is 17.9 Å². The van der Waals surface area contributed by atoms with Crippen molar-refractivity contribution in [3.8, 4) is 0 Å². The van der Waals surface area contributed by atoms with Gasteiger partial charge in [-0.05, 0) is 31.2 Å². The Kier molecular flexibility index (Phi) is 6.15. The number of para-hydroxylation sites is 1. The summed E-state index contributed by atoms with van der Waals surface area (Å²) >= 11 is 1.10. The molecule has 0 saturated heterocycles. The van der Waals surface area contributed by atoms with Crippen LogP contribution in [-0.2, 0) is 27.4 Å². The predicted octanol–water partition coefficient (Wildman–Crippen LogP) is 1.96. The van der Waals surface area contributed by atoms with Gasteiger partial charge < -0.3 is 14.5 Å². The van der Waals surface area contributed by atoms with Gasteiger partial charge in [-0.15, -0.1) is 0 Å². The van der Waals surface area contributed by atoms with Crippen molar-refractivity contribution in [2.45, 2.75) is 30.4 Å². The first kappa shape index (κ1) is 19.7. The van der Waals surface area contributed by atoms with Crippen molar-refractivity contribution in [2.24, 2.45) is 0 Å². The fourth-order valence-electron chi connectivity index (χ4n) is 2.51. The summed E-state index contributed by atoms with van der Waals surface area (Å²) in [5.74, 6) is -0.179. The second-order valence-electron chi connectivity index (χ2n) is 5.94. The lowest BCUT2D eigenvalue weighted by Gasteiger charge is -2.15. The lowest BCUT2D eigenvalue weighted by Crippen LogP contribution is -2.32. The van der Waals surface area contributed by atoms with E-state index in [0.717, 1.165) is 11.8 Å². The van der Waals surface area contributed by atoms with Gasteiger partial charge in [0.25, 0.3) is 5.56 Å². The average molecular weight is 401 g/mol. The van der Waals surface area contributed by atoms with Gasteiger partial charge in [-0.3, -0.25) is 19.0 Å². The van der Waals surface area contributed by atoms with E-state index in [0.29, 0.717) is 16.7 Å². The van der Waals surface area contributed by atoms with E-state index >= 15 is 0 Å². The van der Waals surface area contributed by atoms with E-state index in [4.69, 9.17) is 4.42 Å². The molecule has 2 heterocycles. The molecule has 0 bridgehead atoms. The summed E-state index contributed by atoms with van der Waals surface area (Å²) < 4.78 is 11.1. The van der Waals surface area contributed by atoms with Crippen LogP contribution in [0.15, 0.2) is 57.0 Å². The highest BCUT2D eigenvalue weighted by Gasteiger charge is 2.20. The molecule has 0 saturated carbocycles. The zero-order chi connectivity index (χ0) is 20.1. The largest absolute Gasteiger partial charge is 0.468 e. The number of hydrogen-bond donors (Lipinski definition) is 1. The number of rotatable bonds is 7. The van der Waals surface area contributed by atoms with Crippen LogP contribution >= 0.6 is 11.8 Å². The third-order valence-electron chi connectivity index (χ3n) is 4.01.